The van der Waals surface area contributed by atoms with Crippen molar-refractivity contribution in [1.29, 1.82) is 0 Å². The fourth-order valence-corrected chi connectivity index (χ4v) is 4.08. The first-order valence-corrected chi connectivity index (χ1v) is 13.7. The molecule has 2 atom stereocenters. The van der Waals surface area contributed by atoms with Crippen LogP contribution < -0.4 is 11.1 Å². The molecule has 0 bridgehead atoms. The second-order valence-electron chi connectivity index (χ2n) is 9.84. The van der Waals surface area contributed by atoms with Gasteiger partial charge in [0, 0.05) is 34.6 Å². The lowest BCUT2D eigenvalue weighted by molar-refractivity contribution is -0.137. The molecule has 0 aromatic heterocycles. The fraction of sp³-hybridized carbons (Fsp3) is 0.852. The summed E-state index contributed by atoms with van der Waals surface area (Å²) in [6.45, 7) is 2.03. The predicted molar refractivity (Wildman–Crippen MR) is 142 cm³/mol. The normalized spacial score (nSPS) is 12.7. The van der Waals surface area contributed by atoms with Crippen LogP contribution in [0.4, 0.5) is 0 Å². The molecule has 0 saturated heterocycles. The molecule has 0 aliphatic rings. The van der Waals surface area contributed by atoms with Crippen LogP contribution in [0.25, 0.3) is 0 Å². The first-order chi connectivity index (χ1) is 16.8. The molecule has 0 fully saturated rings. The minimum atomic E-state index is -0.802. The summed E-state index contributed by atoms with van der Waals surface area (Å²) in [6.07, 6.45) is 16.7. The Balaban J connectivity index is -0.00000578. The number of carbonyl (C=O) groups is 4. The third-order valence-corrected chi connectivity index (χ3v) is 6.55. The van der Waals surface area contributed by atoms with Gasteiger partial charge in [-0.1, -0.05) is 77.6 Å². The standard InChI is InChI=1S/C27H50N2O6.2H2/c1-22(24(31)20-23(21-30)27(28)35)16-14-15-19-29-25(32)17-12-10-8-6-4-2-3-5-7-9-11-13-18-26(33)34;;/h22-23,30H,2-21H2,1H3,(H2,28,35)(H,29,32)(H,33,34);2*1H/t22-,23+;;/m1../s1. The number of ketones is 1. The van der Waals surface area contributed by atoms with Crippen molar-refractivity contribution >= 4 is 23.6 Å². The van der Waals surface area contributed by atoms with E-state index in [1.807, 2.05) is 6.92 Å². The Morgan fingerprint density at radius 3 is 1.71 bits per heavy atom. The van der Waals surface area contributed by atoms with E-state index in [1.165, 1.54) is 44.9 Å². The molecule has 0 aliphatic carbocycles. The van der Waals surface area contributed by atoms with Crippen molar-refractivity contribution in [2.24, 2.45) is 17.6 Å². The van der Waals surface area contributed by atoms with E-state index in [2.05, 4.69) is 5.32 Å². The maximum atomic E-state index is 12.1. The van der Waals surface area contributed by atoms with E-state index < -0.39 is 24.4 Å². The van der Waals surface area contributed by atoms with Crippen molar-refractivity contribution in [3.05, 3.63) is 0 Å². The number of nitrogens with one attached hydrogen (secondary N) is 1. The summed E-state index contributed by atoms with van der Waals surface area (Å²) < 4.78 is 0. The lowest BCUT2D eigenvalue weighted by atomic mass is 9.92. The highest BCUT2D eigenvalue weighted by molar-refractivity contribution is 5.87. The lowest BCUT2D eigenvalue weighted by Gasteiger charge is -2.14. The highest BCUT2D eigenvalue weighted by atomic mass is 16.4. The summed E-state index contributed by atoms with van der Waals surface area (Å²) in [5, 5.41) is 20.6. The predicted octanol–water partition coefficient (Wildman–Crippen LogP) is 5.00. The van der Waals surface area contributed by atoms with E-state index in [-0.39, 0.29) is 26.9 Å². The summed E-state index contributed by atoms with van der Waals surface area (Å²) >= 11 is 0. The Morgan fingerprint density at radius 2 is 1.26 bits per heavy atom. The second-order valence-corrected chi connectivity index (χ2v) is 9.84. The largest absolute Gasteiger partial charge is 0.481 e. The SMILES string of the molecule is C[C@H](CCCCNC(=O)CCCCCCCCCCCCCCC(=O)O)C(=O)C[C@@H](CO)C(N)=O.[HH].[HH]. The van der Waals surface area contributed by atoms with Crippen LogP contribution >= 0.6 is 0 Å². The molecule has 0 aromatic rings. The molecule has 0 aliphatic heterocycles. The van der Waals surface area contributed by atoms with Crippen molar-refractivity contribution in [2.45, 2.75) is 122 Å². The summed E-state index contributed by atoms with van der Waals surface area (Å²) in [7, 11) is 0. The summed E-state index contributed by atoms with van der Waals surface area (Å²) in [4.78, 5) is 45.6. The molecule has 0 aromatic carbocycles. The number of primary amides is 1. The third-order valence-electron chi connectivity index (χ3n) is 6.55. The van der Waals surface area contributed by atoms with Crippen molar-refractivity contribution in [1.82, 2.24) is 5.32 Å². The highest BCUT2D eigenvalue weighted by Gasteiger charge is 2.21. The van der Waals surface area contributed by atoms with Gasteiger partial charge >= 0.3 is 5.97 Å². The van der Waals surface area contributed by atoms with Crippen LogP contribution in [0.3, 0.4) is 0 Å². The number of carboxylic acids is 1. The van der Waals surface area contributed by atoms with Gasteiger partial charge in [-0.05, 0) is 25.7 Å². The van der Waals surface area contributed by atoms with Crippen LogP contribution in [0.2, 0.25) is 0 Å². The molecule has 0 rings (SSSR count). The van der Waals surface area contributed by atoms with E-state index in [0.717, 1.165) is 44.9 Å². The van der Waals surface area contributed by atoms with Gasteiger partial charge in [0.05, 0.1) is 12.5 Å². The van der Waals surface area contributed by atoms with Gasteiger partial charge in [0.25, 0.3) is 0 Å². The molecule has 0 saturated carbocycles. The van der Waals surface area contributed by atoms with Crippen molar-refractivity contribution in [2.75, 3.05) is 13.2 Å². The van der Waals surface area contributed by atoms with Gasteiger partial charge in [-0.2, -0.15) is 0 Å². The average molecular weight is 503 g/mol. The van der Waals surface area contributed by atoms with Gasteiger partial charge < -0.3 is 21.3 Å². The molecule has 0 unspecified atom stereocenters. The van der Waals surface area contributed by atoms with Crippen LogP contribution in [0.1, 0.15) is 125 Å². The number of amides is 2. The van der Waals surface area contributed by atoms with Crippen LogP contribution in [-0.4, -0.2) is 46.9 Å². The third kappa shape index (κ3) is 21.1. The molecule has 208 valence electrons. The number of carbonyl (C=O) groups excluding carboxylic acids is 3. The zero-order valence-corrected chi connectivity index (χ0v) is 21.9. The van der Waals surface area contributed by atoms with E-state index in [9.17, 15) is 19.2 Å². The molecule has 0 radical (unpaired) electrons. The topological polar surface area (TPSA) is 147 Å². The number of hydrogen-bond acceptors (Lipinski definition) is 5. The second kappa shape index (κ2) is 22.5. The number of aliphatic carboxylic acids is 1. The average Bonchev–Trinajstić information content (AvgIpc) is 2.81. The minimum absolute atomic E-state index is 0. The molecule has 2 amide bonds. The van der Waals surface area contributed by atoms with Crippen LogP contribution in [0, 0.1) is 11.8 Å². The van der Waals surface area contributed by atoms with E-state index in [0.29, 0.717) is 25.8 Å². The summed E-state index contributed by atoms with van der Waals surface area (Å²) in [5.41, 5.74) is 5.16. The monoisotopic (exact) mass is 502 g/mol. The number of hydrogen-bond donors (Lipinski definition) is 4. The van der Waals surface area contributed by atoms with Crippen molar-refractivity contribution in [3.8, 4) is 0 Å². The van der Waals surface area contributed by atoms with Gasteiger partial charge in [-0.25, -0.2) is 0 Å². The minimum Gasteiger partial charge on any atom is -0.481 e. The molecule has 8 heteroatoms. The van der Waals surface area contributed by atoms with Crippen LogP contribution in [-0.2, 0) is 19.2 Å². The van der Waals surface area contributed by atoms with Crippen LogP contribution in [0.15, 0.2) is 0 Å². The Bertz CT molecular complexity index is 607. The summed E-state index contributed by atoms with van der Waals surface area (Å²) in [6, 6.07) is 0. The number of nitrogens with two attached hydrogens (primary N) is 1. The van der Waals surface area contributed by atoms with Crippen LogP contribution in [0.5, 0.6) is 0 Å². The Labute approximate surface area is 214 Å². The number of carboxylic acid groups (broad SMARTS) is 1. The number of rotatable bonds is 25. The number of aliphatic hydroxyl groups excluding tert-OH is 1. The molecular formula is C27H54N2O6. The molecule has 5 N–H and O–H groups in total. The quantitative estimate of drug-likeness (QED) is 0.129. The molecule has 8 nitrogen and oxygen atoms in total. The Morgan fingerprint density at radius 1 is 0.771 bits per heavy atom. The van der Waals surface area contributed by atoms with E-state index in [1.54, 1.807) is 0 Å². The fourth-order valence-electron chi connectivity index (χ4n) is 4.08. The molecule has 0 spiro atoms. The zero-order chi connectivity index (χ0) is 26.3. The Kier molecular flexibility index (Phi) is 21.2. The smallest absolute Gasteiger partial charge is 0.303 e. The highest BCUT2D eigenvalue weighted by Crippen LogP contribution is 2.15. The number of aliphatic hydroxyl groups is 1. The Hall–Kier alpha value is -1.96. The number of Topliss-reactive ketones (excluding diaryl/α,β-unsaturated/α-hetero) is 1. The molecular weight excluding hydrogens is 448 g/mol. The first kappa shape index (κ1) is 33.0. The maximum Gasteiger partial charge on any atom is 0.303 e. The van der Waals surface area contributed by atoms with Crippen molar-refractivity contribution < 1.29 is 32.2 Å². The van der Waals surface area contributed by atoms with Gasteiger partial charge in [-0.3, -0.25) is 19.2 Å². The zero-order valence-electron chi connectivity index (χ0n) is 21.9. The van der Waals surface area contributed by atoms with Gasteiger partial charge in [0.2, 0.25) is 11.8 Å². The van der Waals surface area contributed by atoms with Gasteiger partial charge in [0.15, 0.2) is 0 Å². The molecule has 35 heavy (non-hydrogen) atoms. The maximum absolute atomic E-state index is 12.1. The van der Waals surface area contributed by atoms with Gasteiger partial charge in [0.1, 0.15) is 5.78 Å². The molecule has 0 heterocycles. The number of unbranched alkanes of at least 4 members (excludes halogenated alkanes) is 12. The first-order valence-electron chi connectivity index (χ1n) is 13.7. The van der Waals surface area contributed by atoms with Gasteiger partial charge in [-0.15, -0.1) is 0 Å². The summed E-state index contributed by atoms with van der Waals surface area (Å²) in [5.74, 6) is -2.30. The van der Waals surface area contributed by atoms with E-state index in [4.69, 9.17) is 15.9 Å². The lowest BCUT2D eigenvalue weighted by Crippen LogP contribution is -2.30. The van der Waals surface area contributed by atoms with E-state index >= 15 is 0 Å². The van der Waals surface area contributed by atoms with Crippen molar-refractivity contribution in [3.63, 3.8) is 0 Å².